The van der Waals surface area contributed by atoms with E-state index in [1.165, 1.54) is 11.6 Å². The number of hydrogen-bond donors (Lipinski definition) is 1. The van der Waals surface area contributed by atoms with Gasteiger partial charge in [-0.15, -0.1) is 0 Å². The molecule has 2 heterocycles. The van der Waals surface area contributed by atoms with E-state index in [1.807, 2.05) is 43.5 Å². The van der Waals surface area contributed by atoms with Gasteiger partial charge >= 0.3 is 0 Å². The van der Waals surface area contributed by atoms with Crippen molar-refractivity contribution < 1.29 is 13.2 Å². The molecular weight excluding hydrogens is 458 g/mol. The van der Waals surface area contributed by atoms with Gasteiger partial charge in [-0.1, -0.05) is 48.0 Å². The van der Waals surface area contributed by atoms with E-state index in [4.69, 9.17) is 0 Å². The lowest BCUT2D eigenvalue weighted by molar-refractivity contribution is -0.112. The number of sulfone groups is 1. The predicted octanol–water partition coefficient (Wildman–Crippen LogP) is 3.80. The molecule has 10 heteroatoms. The summed E-state index contributed by atoms with van der Waals surface area (Å²) in [5, 5.41) is 12.6. The quantitative estimate of drug-likeness (QED) is 0.333. The minimum Gasteiger partial charge on any atom is -0.342 e. The van der Waals surface area contributed by atoms with Gasteiger partial charge in [-0.25, -0.2) is 8.42 Å². The summed E-state index contributed by atoms with van der Waals surface area (Å²) in [5.74, 6) is -0.691. The van der Waals surface area contributed by atoms with Gasteiger partial charge in [0.05, 0.1) is 0 Å². The summed E-state index contributed by atoms with van der Waals surface area (Å²) in [6.45, 7) is 2.68. The van der Waals surface area contributed by atoms with Crippen LogP contribution in [0.4, 0.5) is 5.13 Å². The number of benzene rings is 2. The third-order valence-electron chi connectivity index (χ3n) is 4.92. The Morgan fingerprint density at radius 3 is 2.61 bits per heavy atom. The number of anilines is 1. The summed E-state index contributed by atoms with van der Waals surface area (Å²) in [6, 6.07) is 17.9. The van der Waals surface area contributed by atoms with Gasteiger partial charge in [0.2, 0.25) is 15.0 Å². The second kappa shape index (κ2) is 8.97. The molecular formula is C23H19N5O3S2. The SMILES string of the molecule is Cc1ccc(Cn2cc(C=C(C#N)C(=O)Nc3nc(S(C)(=O)=O)ns3)c3ccccc32)cc1. The van der Waals surface area contributed by atoms with Crippen LogP contribution in [-0.2, 0) is 21.2 Å². The van der Waals surface area contributed by atoms with Crippen LogP contribution < -0.4 is 5.32 Å². The molecule has 0 aliphatic carbocycles. The molecule has 0 saturated heterocycles. The maximum absolute atomic E-state index is 12.7. The number of nitriles is 1. The molecule has 166 valence electrons. The highest BCUT2D eigenvalue weighted by atomic mass is 32.2. The second-order valence-corrected chi connectivity index (χ2v) is 10.2. The van der Waals surface area contributed by atoms with Crippen molar-refractivity contribution in [1.82, 2.24) is 13.9 Å². The Morgan fingerprint density at radius 1 is 1.21 bits per heavy atom. The molecule has 0 spiro atoms. The topological polar surface area (TPSA) is 118 Å². The normalized spacial score (nSPS) is 12.0. The number of fused-ring (bicyclic) bond motifs is 1. The van der Waals surface area contributed by atoms with Crippen molar-refractivity contribution in [3.8, 4) is 6.07 Å². The predicted molar refractivity (Wildman–Crippen MR) is 127 cm³/mol. The number of aryl methyl sites for hydroxylation is 1. The van der Waals surface area contributed by atoms with Crippen LogP contribution in [0, 0.1) is 18.3 Å². The summed E-state index contributed by atoms with van der Waals surface area (Å²) < 4.78 is 28.9. The third-order valence-corrected chi connectivity index (χ3v) is 6.51. The number of para-hydroxylation sites is 1. The van der Waals surface area contributed by atoms with Crippen LogP contribution in [0.25, 0.3) is 17.0 Å². The van der Waals surface area contributed by atoms with E-state index in [-0.39, 0.29) is 15.9 Å². The summed E-state index contributed by atoms with van der Waals surface area (Å²) in [6.07, 6.45) is 4.40. The van der Waals surface area contributed by atoms with Crippen LogP contribution >= 0.6 is 11.5 Å². The second-order valence-electron chi connectivity index (χ2n) is 7.49. The van der Waals surface area contributed by atoms with Crippen LogP contribution in [0.2, 0.25) is 0 Å². The van der Waals surface area contributed by atoms with Gasteiger partial charge in [-0.3, -0.25) is 10.1 Å². The van der Waals surface area contributed by atoms with E-state index in [0.29, 0.717) is 6.54 Å². The van der Waals surface area contributed by atoms with Gasteiger partial charge in [0.1, 0.15) is 11.6 Å². The van der Waals surface area contributed by atoms with Gasteiger partial charge < -0.3 is 4.57 Å². The maximum Gasteiger partial charge on any atom is 0.268 e. The number of rotatable bonds is 6. The molecule has 0 radical (unpaired) electrons. The molecule has 1 N–H and O–H groups in total. The van der Waals surface area contributed by atoms with Crippen LogP contribution in [0.1, 0.15) is 16.7 Å². The van der Waals surface area contributed by atoms with E-state index in [9.17, 15) is 18.5 Å². The first kappa shape index (κ1) is 22.4. The zero-order chi connectivity index (χ0) is 23.6. The van der Waals surface area contributed by atoms with Crippen LogP contribution in [0.15, 0.2) is 65.5 Å². The average molecular weight is 478 g/mol. The van der Waals surface area contributed by atoms with Gasteiger partial charge in [-0.05, 0) is 24.6 Å². The highest BCUT2D eigenvalue weighted by molar-refractivity contribution is 7.90. The molecule has 2 aromatic heterocycles. The Kier molecular flexibility index (Phi) is 6.09. The molecule has 0 fully saturated rings. The van der Waals surface area contributed by atoms with Crippen molar-refractivity contribution in [2.24, 2.45) is 0 Å². The Morgan fingerprint density at radius 2 is 1.94 bits per heavy atom. The molecule has 33 heavy (non-hydrogen) atoms. The lowest BCUT2D eigenvalue weighted by Gasteiger charge is -2.06. The summed E-state index contributed by atoms with van der Waals surface area (Å²) in [5.41, 5.74) is 3.88. The van der Waals surface area contributed by atoms with E-state index in [2.05, 4.69) is 43.5 Å². The number of amides is 1. The third kappa shape index (κ3) is 5.00. The maximum atomic E-state index is 12.7. The summed E-state index contributed by atoms with van der Waals surface area (Å²) in [7, 11) is -3.59. The number of nitrogens with zero attached hydrogens (tertiary/aromatic N) is 4. The number of aromatic nitrogens is 3. The minimum absolute atomic E-state index is 0.00312. The van der Waals surface area contributed by atoms with Gasteiger partial charge in [0.25, 0.3) is 11.1 Å². The molecule has 2 aromatic carbocycles. The fraction of sp³-hybridized carbons (Fsp3) is 0.130. The smallest absolute Gasteiger partial charge is 0.268 e. The number of carbonyl (C=O) groups excluding carboxylic acids is 1. The highest BCUT2D eigenvalue weighted by Gasteiger charge is 2.18. The van der Waals surface area contributed by atoms with Crippen LogP contribution in [0.5, 0.6) is 0 Å². The van der Waals surface area contributed by atoms with Gasteiger partial charge in [0.15, 0.2) is 0 Å². The summed E-state index contributed by atoms with van der Waals surface area (Å²) >= 11 is 0.735. The molecule has 4 rings (SSSR count). The number of hydrogen-bond acceptors (Lipinski definition) is 7. The Bertz CT molecular complexity index is 1520. The van der Waals surface area contributed by atoms with Crippen LogP contribution in [-0.4, -0.2) is 34.5 Å². The first-order valence-corrected chi connectivity index (χ1v) is 12.5. The lowest BCUT2D eigenvalue weighted by Crippen LogP contribution is -2.13. The van der Waals surface area contributed by atoms with Crippen molar-refractivity contribution in [1.29, 1.82) is 5.26 Å². The number of nitrogens with one attached hydrogen (secondary N) is 1. The van der Waals surface area contributed by atoms with Crippen molar-refractivity contribution >= 4 is 49.4 Å². The fourth-order valence-electron chi connectivity index (χ4n) is 3.29. The molecule has 0 bridgehead atoms. The lowest BCUT2D eigenvalue weighted by atomic mass is 10.1. The fourth-order valence-corrected chi connectivity index (χ4v) is 4.73. The summed E-state index contributed by atoms with van der Waals surface area (Å²) in [4.78, 5) is 16.5. The highest BCUT2D eigenvalue weighted by Crippen LogP contribution is 2.25. The van der Waals surface area contributed by atoms with Crippen molar-refractivity contribution in [3.05, 3.63) is 77.0 Å². The Labute approximate surface area is 194 Å². The molecule has 0 saturated carbocycles. The van der Waals surface area contributed by atoms with Gasteiger partial charge in [-0.2, -0.15) is 14.6 Å². The zero-order valence-corrected chi connectivity index (χ0v) is 19.4. The molecule has 1 amide bonds. The molecule has 0 aliphatic rings. The average Bonchev–Trinajstić information content (AvgIpc) is 3.39. The largest absolute Gasteiger partial charge is 0.342 e. The van der Waals surface area contributed by atoms with E-state index in [0.717, 1.165) is 39.8 Å². The molecule has 0 atom stereocenters. The first-order chi connectivity index (χ1) is 15.7. The van der Waals surface area contributed by atoms with Crippen molar-refractivity contribution in [2.75, 3.05) is 11.6 Å². The zero-order valence-electron chi connectivity index (χ0n) is 17.8. The van der Waals surface area contributed by atoms with Crippen molar-refractivity contribution in [3.63, 3.8) is 0 Å². The standard InChI is InChI=1S/C23H19N5O3S2/c1-15-7-9-16(10-8-15)13-28-14-18(19-5-3-4-6-20(19)28)11-17(12-24)21(29)25-22-26-23(27-32-22)33(2,30)31/h3-11,14H,13H2,1-2H3,(H,25,26,27,29). The molecule has 4 aromatic rings. The molecule has 0 unspecified atom stereocenters. The number of carbonyl (C=O) groups is 1. The van der Waals surface area contributed by atoms with E-state index in [1.54, 1.807) is 0 Å². The van der Waals surface area contributed by atoms with E-state index < -0.39 is 15.7 Å². The van der Waals surface area contributed by atoms with Crippen LogP contribution in [0.3, 0.4) is 0 Å². The Hall–Kier alpha value is -3.81. The first-order valence-electron chi connectivity index (χ1n) is 9.85. The molecule has 0 aliphatic heterocycles. The monoisotopic (exact) mass is 477 g/mol. The van der Waals surface area contributed by atoms with Crippen molar-refractivity contribution in [2.45, 2.75) is 18.6 Å². The Balaban J connectivity index is 1.65. The van der Waals surface area contributed by atoms with Gasteiger partial charge in [0, 0.05) is 47.0 Å². The minimum atomic E-state index is -3.59. The molecule has 8 nitrogen and oxygen atoms in total. The van der Waals surface area contributed by atoms with E-state index >= 15 is 0 Å².